The summed E-state index contributed by atoms with van der Waals surface area (Å²) in [5.41, 5.74) is 0. The molecule has 0 fully saturated rings. The third kappa shape index (κ3) is 71.2. The fraction of sp³-hybridized carbons (Fsp3) is 0.900. The van der Waals surface area contributed by atoms with Gasteiger partial charge in [0.25, 0.3) is 0 Å². The Labute approximate surface area is 538 Å². The van der Waals surface area contributed by atoms with Crippen molar-refractivity contribution in [2.24, 2.45) is 0 Å². The van der Waals surface area contributed by atoms with E-state index in [2.05, 4.69) is 43.5 Å². The fourth-order valence-corrected chi connectivity index (χ4v) is 12.4. The number of carbonyl (C=O) groups is 2. The summed E-state index contributed by atoms with van der Waals surface area (Å²) < 4.78 is 5.48. The van der Waals surface area contributed by atoms with Crippen molar-refractivity contribution in [3.63, 3.8) is 0 Å². The smallest absolute Gasteiger partial charge is 0.305 e. The summed E-state index contributed by atoms with van der Waals surface area (Å²) in [7, 11) is 0. The van der Waals surface area contributed by atoms with Gasteiger partial charge in [-0.1, -0.05) is 403 Å². The molecule has 2 atom stereocenters. The summed E-state index contributed by atoms with van der Waals surface area (Å²) in [6, 6.07) is -0.623. The number of carbonyl (C=O) groups excluding carboxylic acids is 2. The van der Waals surface area contributed by atoms with Crippen LogP contribution in [0.5, 0.6) is 0 Å². The van der Waals surface area contributed by atoms with E-state index in [-0.39, 0.29) is 18.5 Å². The third-order valence-electron chi connectivity index (χ3n) is 18.4. The number of aliphatic hydroxyl groups is 2. The molecule has 0 bridgehead atoms. The zero-order valence-corrected chi connectivity index (χ0v) is 58.3. The minimum absolute atomic E-state index is 0.00886. The minimum atomic E-state index is -0.840. The van der Waals surface area contributed by atoms with E-state index in [1.165, 1.54) is 360 Å². The SMILES string of the molecule is CCC/C=C\C/C=C\CCCCCCCC(=O)OCCCCCCCCCCCCCCCCCCCCCCCCCCCCCCCCCCCCCCCCCC(=O)NC(CO)C(O)/C=C/CCCCCCCCCCCCCCCCC. The largest absolute Gasteiger partial charge is 0.466 e. The van der Waals surface area contributed by atoms with E-state index in [0.717, 1.165) is 51.4 Å². The standard InChI is InChI=1S/C80H153NO5/c1-3-5-7-9-11-13-15-17-18-42-45-49-52-56-60-64-68-72-78(83)77(76-82)81-79(84)73-69-65-61-57-53-50-46-43-40-38-36-34-32-30-28-26-24-22-20-19-21-23-25-27-29-31-33-35-37-39-41-44-47-51-55-59-63-67-71-75-86-80(85)74-70-66-62-58-54-48-16-14-12-10-8-6-4-2/h8,10,14,16,68,72,77-78,82-83H,3-7,9,11-13,15,17-67,69-71,73-76H2,1-2H3,(H,81,84)/b10-8-,16-14-,72-68+. The topological polar surface area (TPSA) is 95.9 Å². The summed E-state index contributed by atoms with van der Waals surface area (Å²) in [6.45, 7) is 4.88. The Hall–Kier alpha value is -1.92. The highest BCUT2D eigenvalue weighted by Crippen LogP contribution is 2.20. The quantitative estimate of drug-likeness (QED) is 0.0320. The number of amides is 1. The van der Waals surface area contributed by atoms with Crippen LogP contribution in [0.3, 0.4) is 0 Å². The van der Waals surface area contributed by atoms with E-state index in [4.69, 9.17) is 4.74 Å². The van der Waals surface area contributed by atoms with Gasteiger partial charge in [-0.25, -0.2) is 0 Å². The fourth-order valence-electron chi connectivity index (χ4n) is 12.4. The second-order valence-electron chi connectivity index (χ2n) is 27.0. The van der Waals surface area contributed by atoms with Crippen LogP contribution in [0.1, 0.15) is 438 Å². The van der Waals surface area contributed by atoms with Crippen LogP contribution in [0.25, 0.3) is 0 Å². The van der Waals surface area contributed by atoms with Crippen LogP contribution < -0.4 is 5.32 Å². The highest BCUT2D eigenvalue weighted by molar-refractivity contribution is 5.76. The molecule has 0 heterocycles. The van der Waals surface area contributed by atoms with Crippen LogP contribution >= 0.6 is 0 Å². The lowest BCUT2D eigenvalue weighted by atomic mass is 10.0. The molecular weight excluding hydrogens is 1050 g/mol. The van der Waals surface area contributed by atoms with Crippen molar-refractivity contribution in [1.82, 2.24) is 5.32 Å². The first-order valence-electron chi connectivity index (χ1n) is 39.3. The molecule has 86 heavy (non-hydrogen) atoms. The Morgan fingerprint density at radius 1 is 0.326 bits per heavy atom. The molecule has 0 rings (SSSR count). The average Bonchev–Trinajstić information content (AvgIpc) is 3.59. The summed E-state index contributed by atoms with van der Waals surface area (Å²) >= 11 is 0. The normalized spacial score (nSPS) is 12.7. The first-order valence-corrected chi connectivity index (χ1v) is 39.3. The number of allylic oxidation sites excluding steroid dienone is 5. The Balaban J connectivity index is 3.31. The molecule has 0 aliphatic heterocycles. The molecule has 1 amide bonds. The van der Waals surface area contributed by atoms with Crippen molar-refractivity contribution < 1.29 is 24.5 Å². The van der Waals surface area contributed by atoms with Crippen molar-refractivity contribution >= 4 is 11.9 Å². The van der Waals surface area contributed by atoms with Gasteiger partial charge >= 0.3 is 5.97 Å². The van der Waals surface area contributed by atoms with Gasteiger partial charge in [0.1, 0.15) is 0 Å². The van der Waals surface area contributed by atoms with E-state index in [0.29, 0.717) is 19.4 Å². The Morgan fingerprint density at radius 2 is 0.605 bits per heavy atom. The van der Waals surface area contributed by atoms with E-state index in [1.807, 2.05) is 6.08 Å². The number of hydrogen-bond acceptors (Lipinski definition) is 5. The van der Waals surface area contributed by atoms with Gasteiger partial charge in [0.05, 0.1) is 25.4 Å². The predicted octanol–water partition coefficient (Wildman–Crippen LogP) is 25.8. The van der Waals surface area contributed by atoms with E-state index < -0.39 is 12.1 Å². The van der Waals surface area contributed by atoms with Crippen LogP contribution in [0.15, 0.2) is 36.5 Å². The maximum Gasteiger partial charge on any atom is 0.305 e. The van der Waals surface area contributed by atoms with Crippen LogP contribution in [-0.2, 0) is 14.3 Å². The number of rotatable bonds is 74. The molecule has 2 unspecified atom stereocenters. The first-order chi connectivity index (χ1) is 42.5. The third-order valence-corrected chi connectivity index (χ3v) is 18.4. The maximum absolute atomic E-state index is 12.5. The minimum Gasteiger partial charge on any atom is -0.466 e. The Morgan fingerprint density at radius 3 is 0.930 bits per heavy atom. The van der Waals surface area contributed by atoms with Crippen molar-refractivity contribution in [3.05, 3.63) is 36.5 Å². The van der Waals surface area contributed by atoms with Gasteiger partial charge in [-0.2, -0.15) is 0 Å². The molecule has 0 aromatic heterocycles. The highest BCUT2D eigenvalue weighted by atomic mass is 16.5. The number of unbranched alkanes of at least 4 members (excludes halogenated alkanes) is 59. The summed E-state index contributed by atoms with van der Waals surface area (Å²) in [6.07, 6.45) is 98.5. The molecule has 508 valence electrons. The van der Waals surface area contributed by atoms with Crippen LogP contribution in [0.2, 0.25) is 0 Å². The lowest BCUT2D eigenvalue weighted by molar-refractivity contribution is -0.143. The molecule has 0 saturated heterocycles. The number of hydrogen-bond donors (Lipinski definition) is 3. The van der Waals surface area contributed by atoms with Gasteiger partial charge in [-0.05, 0) is 57.8 Å². The Kier molecular flexibility index (Phi) is 73.9. The van der Waals surface area contributed by atoms with Gasteiger partial charge in [-0.15, -0.1) is 0 Å². The second kappa shape index (κ2) is 75.5. The van der Waals surface area contributed by atoms with E-state index in [9.17, 15) is 19.8 Å². The summed E-state index contributed by atoms with van der Waals surface area (Å²) in [5, 5.41) is 23.2. The number of esters is 1. The second-order valence-corrected chi connectivity index (χ2v) is 27.0. The van der Waals surface area contributed by atoms with Gasteiger partial charge in [0.2, 0.25) is 5.91 Å². The van der Waals surface area contributed by atoms with Crippen molar-refractivity contribution in [2.75, 3.05) is 13.2 Å². The zero-order chi connectivity index (χ0) is 62.0. The monoisotopic (exact) mass is 1210 g/mol. The number of ether oxygens (including phenoxy) is 1. The maximum atomic E-state index is 12.5. The molecule has 0 radical (unpaired) electrons. The lowest BCUT2D eigenvalue weighted by Gasteiger charge is -2.20. The van der Waals surface area contributed by atoms with Gasteiger partial charge < -0.3 is 20.3 Å². The lowest BCUT2D eigenvalue weighted by Crippen LogP contribution is -2.45. The van der Waals surface area contributed by atoms with Crippen LogP contribution in [0.4, 0.5) is 0 Å². The molecule has 0 aromatic carbocycles. The number of aliphatic hydroxyl groups excluding tert-OH is 2. The van der Waals surface area contributed by atoms with Crippen molar-refractivity contribution in [2.45, 2.75) is 450 Å². The summed E-state index contributed by atoms with van der Waals surface area (Å²) in [5.74, 6) is -0.0495. The van der Waals surface area contributed by atoms with Crippen molar-refractivity contribution in [3.8, 4) is 0 Å². The average molecular weight is 1210 g/mol. The highest BCUT2D eigenvalue weighted by Gasteiger charge is 2.18. The van der Waals surface area contributed by atoms with Gasteiger partial charge in [0.15, 0.2) is 0 Å². The van der Waals surface area contributed by atoms with Crippen molar-refractivity contribution in [1.29, 1.82) is 0 Å². The first kappa shape index (κ1) is 84.1. The van der Waals surface area contributed by atoms with Crippen LogP contribution in [-0.4, -0.2) is 47.4 Å². The molecule has 6 heteroatoms. The molecule has 3 N–H and O–H groups in total. The van der Waals surface area contributed by atoms with E-state index in [1.54, 1.807) is 6.08 Å². The number of nitrogens with one attached hydrogen (secondary N) is 1. The molecule has 0 aliphatic carbocycles. The molecule has 0 aromatic rings. The van der Waals surface area contributed by atoms with E-state index >= 15 is 0 Å². The zero-order valence-electron chi connectivity index (χ0n) is 58.3. The van der Waals surface area contributed by atoms with Crippen LogP contribution in [0, 0.1) is 0 Å². The molecule has 6 nitrogen and oxygen atoms in total. The molecule has 0 saturated carbocycles. The molecule has 0 aliphatic rings. The summed E-state index contributed by atoms with van der Waals surface area (Å²) in [4.78, 5) is 24.6. The predicted molar refractivity (Wildman–Crippen MR) is 379 cm³/mol. The molecular formula is C80H153NO5. The molecule has 0 spiro atoms. The van der Waals surface area contributed by atoms with Gasteiger partial charge in [0, 0.05) is 12.8 Å². The Bertz CT molecular complexity index is 1390. The van der Waals surface area contributed by atoms with Gasteiger partial charge in [-0.3, -0.25) is 9.59 Å².